The van der Waals surface area contributed by atoms with Gasteiger partial charge in [-0.15, -0.1) is 0 Å². The Kier molecular flexibility index (Phi) is 3.65. The largest absolute Gasteiger partial charge is 0.398 e. The number of amides is 1. The van der Waals surface area contributed by atoms with E-state index in [2.05, 4.69) is 5.32 Å². The van der Waals surface area contributed by atoms with Gasteiger partial charge in [-0.1, -0.05) is 0 Å². The number of aryl methyl sites for hydroxylation is 1. The van der Waals surface area contributed by atoms with E-state index in [0.717, 1.165) is 24.3 Å². The van der Waals surface area contributed by atoms with Gasteiger partial charge in [0.15, 0.2) is 0 Å². The fraction of sp³-hybridized carbons (Fsp3) is 0.0714. The second-order valence-corrected chi connectivity index (χ2v) is 4.27. The van der Waals surface area contributed by atoms with Crippen molar-refractivity contribution in [3.05, 3.63) is 58.9 Å². The van der Waals surface area contributed by atoms with Gasteiger partial charge in [0, 0.05) is 11.8 Å². The number of rotatable bonds is 2. The average molecular weight is 280 g/mol. The number of halogens is 3. The Morgan fingerprint density at radius 1 is 1.10 bits per heavy atom. The molecule has 0 aliphatic carbocycles. The van der Waals surface area contributed by atoms with Crippen LogP contribution in [0.4, 0.5) is 24.5 Å². The van der Waals surface area contributed by atoms with Crippen molar-refractivity contribution in [1.82, 2.24) is 0 Å². The number of nitrogen functional groups attached to an aromatic ring is 1. The second kappa shape index (κ2) is 5.24. The molecule has 0 aliphatic heterocycles. The van der Waals surface area contributed by atoms with Crippen LogP contribution in [0.2, 0.25) is 0 Å². The van der Waals surface area contributed by atoms with Crippen molar-refractivity contribution < 1.29 is 18.0 Å². The van der Waals surface area contributed by atoms with E-state index in [0.29, 0.717) is 0 Å². The van der Waals surface area contributed by atoms with Gasteiger partial charge in [-0.2, -0.15) is 0 Å². The Labute approximate surface area is 113 Å². The number of hydrogen-bond acceptors (Lipinski definition) is 2. The molecule has 104 valence electrons. The fourth-order valence-corrected chi connectivity index (χ4v) is 1.67. The summed E-state index contributed by atoms with van der Waals surface area (Å²) in [5.41, 5.74) is 5.21. The van der Waals surface area contributed by atoms with E-state index in [1.165, 1.54) is 13.0 Å². The van der Waals surface area contributed by atoms with Gasteiger partial charge in [0.25, 0.3) is 5.91 Å². The predicted molar refractivity (Wildman–Crippen MR) is 69.9 cm³/mol. The van der Waals surface area contributed by atoms with Gasteiger partial charge in [0.1, 0.15) is 17.5 Å². The van der Waals surface area contributed by atoms with Crippen LogP contribution in [0.5, 0.6) is 0 Å². The average Bonchev–Trinajstić information content (AvgIpc) is 2.35. The SMILES string of the molecule is Cc1cc(F)c(NC(=O)c2ccc(F)cc2N)cc1F. The summed E-state index contributed by atoms with van der Waals surface area (Å²) in [4.78, 5) is 11.9. The van der Waals surface area contributed by atoms with Crippen molar-refractivity contribution in [3.63, 3.8) is 0 Å². The molecule has 6 heteroatoms. The van der Waals surface area contributed by atoms with Gasteiger partial charge >= 0.3 is 0 Å². The van der Waals surface area contributed by atoms with Gasteiger partial charge in [-0.3, -0.25) is 4.79 Å². The van der Waals surface area contributed by atoms with E-state index in [9.17, 15) is 18.0 Å². The quantitative estimate of drug-likeness (QED) is 0.830. The van der Waals surface area contributed by atoms with Crippen molar-refractivity contribution in [2.75, 3.05) is 11.1 Å². The van der Waals surface area contributed by atoms with Crippen molar-refractivity contribution >= 4 is 17.3 Å². The van der Waals surface area contributed by atoms with Crippen molar-refractivity contribution in [2.45, 2.75) is 6.92 Å². The molecule has 2 rings (SSSR count). The van der Waals surface area contributed by atoms with E-state index in [4.69, 9.17) is 5.73 Å². The van der Waals surface area contributed by atoms with Gasteiger partial charge in [0.05, 0.1) is 11.3 Å². The Morgan fingerprint density at radius 2 is 1.80 bits per heavy atom. The standard InChI is InChI=1S/C14H11F3N2O/c1-7-4-11(17)13(6-10(7)16)19-14(20)9-3-2-8(15)5-12(9)18/h2-6H,18H2,1H3,(H,19,20). The highest BCUT2D eigenvalue weighted by molar-refractivity contribution is 6.07. The van der Waals surface area contributed by atoms with Crippen LogP contribution in [-0.2, 0) is 0 Å². The zero-order chi connectivity index (χ0) is 14.9. The highest BCUT2D eigenvalue weighted by Crippen LogP contribution is 2.21. The van der Waals surface area contributed by atoms with Crippen LogP contribution in [0.1, 0.15) is 15.9 Å². The molecular weight excluding hydrogens is 269 g/mol. The molecule has 0 aromatic heterocycles. The van der Waals surface area contributed by atoms with Crippen LogP contribution >= 0.6 is 0 Å². The summed E-state index contributed by atoms with van der Waals surface area (Å²) in [6.07, 6.45) is 0. The molecule has 0 heterocycles. The monoisotopic (exact) mass is 280 g/mol. The lowest BCUT2D eigenvalue weighted by molar-refractivity contribution is 0.102. The Morgan fingerprint density at radius 3 is 2.45 bits per heavy atom. The molecule has 0 aliphatic rings. The van der Waals surface area contributed by atoms with Crippen molar-refractivity contribution in [1.29, 1.82) is 0 Å². The zero-order valence-electron chi connectivity index (χ0n) is 10.5. The first-order valence-corrected chi connectivity index (χ1v) is 5.70. The van der Waals surface area contributed by atoms with E-state index in [-0.39, 0.29) is 22.5 Å². The summed E-state index contributed by atoms with van der Waals surface area (Å²) >= 11 is 0. The maximum atomic E-state index is 13.6. The summed E-state index contributed by atoms with van der Waals surface area (Å²) in [6.45, 7) is 1.40. The number of carbonyl (C=O) groups excluding carboxylic acids is 1. The lowest BCUT2D eigenvalue weighted by Crippen LogP contribution is -2.15. The minimum Gasteiger partial charge on any atom is -0.398 e. The smallest absolute Gasteiger partial charge is 0.257 e. The summed E-state index contributed by atoms with van der Waals surface area (Å²) in [5, 5.41) is 2.20. The Bertz CT molecular complexity index is 686. The van der Waals surface area contributed by atoms with Gasteiger partial charge in [-0.05, 0) is 36.8 Å². The molecule has 3 nitrogen and oxygen atoms in total. The number of carbonyl (C=O) groups is 1. The normalized spacial score (nSPS) is 10.4. The van der Waals surface area contributed by atoms with Crippen LogP contribution in [0.15, 0.2) is 30.3 Å². The first kappa shape index (κ1) is 13.9. The van der Waals surface area contributed by atoms with E-state index in [1.54, 1.807) is 0 Å². The highest BCUT2D eigenvalue weighted by Gasteiger charge is 2.14. The van der Waals surface area contributed by atoms with Gasteiger partial charge in [0.2, 0.25) is 0 Å². The van der Waals surface area contributed by atoms with Crippen molar-refractivity contribution in [3.8, 4) is 0 Å². The second-order valence-electron chi connectivity index (χ2n) is 4.27. The van der Waals surface area contributed by atoms with Crippen LogP contribution < -0.4 is 11.1 Å². The van der Waals surface area contributed by atoms with E-state index in [1.807, 2.05) is 0 Å². The fourth-order valence-electron chi connectivity index (χ4n) is 1.67. The summed E-state index contributed by atoms with van der Waals surface area (Å²) in [7, 11) is 0. The molecule has 2 aromatic rings. The third kappa shape index (κ3) is 2.74. The molecule has 0 saturated carbocycles. The molecule has 0 unspecified atom stereocenters. The maximum absolute atomic E-state index is 13.6. The van der Waals surface area contributed by atoms with Crippen LogP contribution in [-0.4, -0.2) is 5.91 Å². The number of nitrogens with one attached hydrogen (secondary N) is 1. The van der Waals surface area contributed by atoms with Gasteiger partial charge < -0.3 is 11.1 Å². The number of benzene rings is 2. The molecule has 0 spiro atoms. The first-order chi connectivity index (χ1) is 9.38. The Hall–Kier alpha value is -2.50. The predicted octanol–water partition coefficient (Wildman–Crippen LogP) is 3.25. The summed E-state index contributed by atoms with van der Waals surface area (Å²) in [6, 6.07) is 5.04. The van der Waals surface area contributed by atoms with Crippen LogP contribution in [0.25, 0.3) is 0 Å². The summed E-state index contributed by atoms with van der Waals surface area (Å²) < 4.78 is 39.8. The molecule has 2 aromatic carbocycles. The molecule has 0 saturated heterocycles. The molecule has 20 heavy (non-hydrogen) atoms. The minimum absolute atomic E-state index is 0.0215. The molecule has 0 radical (unpaired) electrons. The number of hydrogen-bond donors (Lipinski definition) is 2. The number of anilines is 2. The van der Waals surface area contributed by atoms with Gasteiger partial charge in [-0.25, -0.2) is 13.2 Å². The van der Waals surface area contributed by atoms with Crippen LogP contribution in [0.3, 0.4) is 0 Å². The molecule has 1 amide bonds. The van der Waals surface area contributed by atoms with Crippen molar-refractivity contribution in [2.24, 2.45) is 0 Å². The zero-order valence-corrected chi connectivity index (χ0v) is 10.5. The lowest BCUT2D eigenvalue weighted by atomic mass is 10.1. The van der Waals surface area contributed by atoms with E-state index < -0.39 is 23.4 Å². The Balaban J connectivity index is 2.30. The number of nitrogens with two attached hydrogens (primary N) is 1. The molecular formula is C14H11F3N2O. The third-order valence-electron chi connectivity index (χ3n) is 2.75. The molecule has 0 fully saturated rings. The highest BCUT2D eigenvalue weighted by atomic mass is 19.1. The lowest BCUT2D eigenvalue weighted by Gasteiger charge is -2.09. The molecule has 3 N–H and O–H groups in total. The van der Waals surface area contributed by atoms with Crippen LogP contribution in [0, 0.1) is 24.4 Å². The third-order valence-corrected chi connectivity index (χ3v) is 2.75. The minimum atomic E-state index is -0.766. The molecule has 0 atom stereocenters. The maximum Gasteiger partial charge on any atom is 0.257 e. The first-order valence-electron chi connectivity index (χ1n) is 5.70. The topological polar surface area (TPSA) is 55.1 Å². The van der Waals surface area contributed by atoms with E-state index >= 15 is 0 Å². The summed E-state index contributed by atoms with van der Waals surface area (Å²) in [5.74, 6) is -2.75. The molecule has 0 bridgehead atoms.